The van der Waals surface area contributed by atoms with Gasteiger partial charge in [0.15, 0.2) is 5.78 Å². The molecule has 0 amide bonds. The molecular weight excluding hydrogens is 170 g/mol. The topological polar surface area (TPSA) is 80.4 Å². The third-order valence-corrected chi connectivity index (χ3v) is 1.66. The number of carboxylic acid groups (broad SMARTS) is 1. The Morgan fingerprint density at radius 2 is 2.08 bits per heavy atom. The molecule has 4 heteroatoms. The Hall–Kier alpha value is -1.16. The van der Waals surface area contributed by atoms with E-state index >= 15 is 0 Å². The maximum Gasteiger partial charge on any atom is 0.303 e. The molecule has 0 aliphatic heterocycles. The summed E-state index contributed by atoms with van der Waals surface area (Å²) >= 11 is 0. The minimum atomic E-state index is -0.866. The third kappa shape index (κ3) is 5.14. The largest absolute Gasteiger partial charge is 0.481 e. The molecule has 0 radical (unpaired) electrons. The fourth-order valence-electron chi connectivity index (χ4n) is 0.921. The van der Waals surface area contributed by atoms with Gasteiger partial charge in [0.2, 0.25) is 0 Å². The van der Waals surface area contributed by atoms with E-state index in [2.05, 4.69) is 6.58 Å². The van der Waals surface area contributed by atoms with E-state index in [1.54, 1.807) is 6.92 Å². The standard InChI is InChI=1S/C9H15NO3/c1-6(2)9(13)7(10)4-3-5-8(11)12/h7H,1,3-5,10H2,2H3,(H,11,12). The second kappa shape index (κ2) is 5.48. The van der Waals surface area contributed by atoms with Crippen molar-refractivity contribution >= 4 is 11.8 Å². The van der Waals surface area contributed by atoms with Gasteiger partial charge in [-0.25, -0.2) is 0 Å². The molecule has 13 heavy (non-hydrogen) atoms. The van der Waals surface area contributed by atoms with Gasteiger partial charge in [0.25, 0.3) is 0 Å². The van der Waals surface area contributed by atoms with E-state index in [0.29, 0.717) is 18.4 Å². The highest BCUT2D eigenvalue weighted by atomic mass is 16.4. The average molecular weight is 185 g/mol. The number of aliphatic carboxylic acids is 1. The van der Waals surface area contributed by atoms with Crippen molar-refractivity contribution in [2.75, 3.05) is 0 Å². The maximum absolute atomic E-state index is 11.1. The molecule has 0 aromatic carbocycles. The lowest BCUT2D eigenvalue weighted by Gasteiger charge is -2.08. The van der Waals surface area contributed by atoms with Crippen LogP contribution in [-0.4, -0.2) is 22.9 Å². The van der Waals surface area contributed by atoms with Crippen LogP contribution in [0, 0.1) is 0 Å². The van der Waals surface area contributed by atoms with Gasteiger partial charge in [-0.05, 0) is 25.3 Å². The zero-order valence-electron chi connectivity index (χ0n) is 7.75. The van der Waals surface area contributed by atoms with Gasteiger partial charge in [-0.2, -0.15) is 0 Å². The maximum atomic E-state index is 11.1. The quantitative estimate of drug-likeness (QED) is 0.597. The summed E-state index contributed by atoms with van der Waals surface area (Å²) in [5.41, 5.74) is 5.92. The van der Waals surface area contributed by atoms with Crippen LogP contribution in [0.2, 0.25) is 0 Å². The zero-order chi connectivity index (χ0) is 10.4. The molecule has 0 fully saturated rings. The van der Waals surface area contributed by atoms with Crippen LogP contribution in [0.25, 0.3) is 0 Å². The number of hydrogen-bond acceptors (Lipinski definition) is 3. The Kier molecular flexibility index (Phi) is 4.99. The number of Topliss-reactive ketones (excluding diaryl/α,β-unsaturated/α-hetero) is 1. The van der Waals surface area contributed by atoms with Gasteiger partial charge in [0.05, 0.1) is 6.04 Å². The first kappa shape index (κ1) is 11.8. The number of carbonyl (C=O) groups excluding carboxylic acids is 1. The average Bonchev–Trinajstić information content (AvgIpc) is 2.02. The molecule has 0 saturated carbocycles. The fourth-order valence-corrected chi connectivity index (χ4v) is 0.921. The summed E-state index contributed by atoms with van der Waals surface area (Å²) in [7, 11) is 0. The molecule has 1 atom stereocenters. The van der Waals surface area contributed by atoms with Gasteiger partial charge in [-0.3, -0.25) is 9.59 Å². The van der Waals surface area contributed by atoms with Crippen LogP contribution in [0.15, 0.2) is 12.2 Å². The van der Waals surface area contributed by atoms with Gasteiger partial charge in [0, 0.05) is 6.42 Å². The molecule has 1 unspecified atom stereocenters. The summed E-state index contributed by atoms with van der Waals surface area (Å²) in [6, 6.07) is -0.600. The highest BCUT2D eigenvalue weighted by molar-refractivity contribution is 5.98. The normalized spacial score (nSPS) is 12.2. The minimum Gasteiger partial charge on any atom is -0.481 e. The van der Waals surface area contributed by atoms with E-state index in [1.165, 1.54) is 0 Å². The molecule has 0 heterocycles. The molecule has 4 nitrogen and oxygen atoms in total. The Labute approximate surface area is 77.4 Å². The van der Waals surface area contributed by atoms with E-state index in [0.717, 1.165) is 0 Å². The molecule has 0 bridgehead atoms. The second-order valence-electron chi connectivity index (χ2n) is 3.04. The van der Waals surface area contributed by atoms with Crippen LogP contribution in [0.5, 0.6) is 0 Å². The van der Waals surface area contributed by atoms with E-state index < -0.39 is 12.0 Å². The highest BCUT2D eigenvalue weighted by Gasteiger charge is 2.13. The molecule has 0 saturated heterocycles. The number of nitrogens with two attached hydrogens (primary N) is 1. The van der Waals surface area contributed by atoms with E-state index in [-0.39, 0.29) is 12.2 Å². The summed E-state index contributed by atoms with van der Waals surface area (Å²) in [4.78, 5) is 21.3. The highest BCUT2D eigenvalue weighted by Crippen LogP contribution is 2.03. The van der Waals surface area contributed by atoms with Gasteiger partial charge in [-0.15, -0.1) is 0 Å². The fraction of sp³-hybridized carbons (Fsp3) is 0.556. The Bertz CT molecular complexity index is 223. The summed E-state index contributed by atoms with van der Waals surface area (Å²) in [5, 5.41) is 8.33. The van der Waals surface area contributed by atoms with Crippen molar-refractivity contribution in [1.29, 1.82) is 0 Å². The molecule has 0 aliphatic rings. The molecule has 0 rings (SSSR count). The lowest BCUT2D eigenvalue weighted by Crippen LogP contribution is -2.30. The molecule has 0 aromatic rings. The van der Waals surface area contributed by atoms with Crippen molar-refractivity contribution in [3.63, 3.8) is 0 Å². The van der Waals surface area contributed by atoms with Crippen LogP contribution in [0.3, 0.4) is 0 Å². The van der Waals surface area contributed by atoms with Crippen LogP contribution in [0.1, 0.15) is 26.2 Å². The molecule has 0 aliphatic carbocycles. The summed E-state index contributed by atoms with van der Waals surface area (Å²) in [6.07, 6.45) is 0.880. The van der Waals surface area contributed by atoms with E-state index in [4.69, 9.17) is 10.8 Å². The number of carbonyl (C=O) groups is 2. The number of hydrogen-bond donors (Lipinski definition) is 2. The second-order valence-corrected chi connectivity index (χ2v) is 3.04. The van der Waals surface area contributed by atoms with Crippen molar-refractivity contribution in [3.8, 4) is 0 Å². The van der Waals surface area contributed by atoms with Gasteiger partial charge >= 0.3 is 5.97 Å². The van der Waals surface area contributed by atoms with E-state index in [1.807, 2.05) is 0 Å². The first-order chi connectivity index (χ1) is 5.95. The van der Waals surface area contributed by atoms with Gasteiger partial charge in [-0.1, -0.05) is 6.58 Å². The Morgan fingerprint density at radius 1 is 1.54 bits per heavy atom. The van der Waals surface area contributed by atoms with E-state index in [9.17, 15) is 9.59 Å². The third-order valence-electron chi connectivity index (χ3n) is 1.66. The lowest BCUT2D eigenvalue weighted by atomic mass is 10.0. The van der Waals surface area contributed by atoms with Crippen molar-refractivity contribution in [3.05, 3.63) is 12.2 Å². The number of carboxylic acids is 1. The van der Waals surface area contributed by atoms with Crippen LogP contribution in [-0.2, 0) is 9.59 Å². The van der Waals surface area contributed by atoms with Crippen molar-refractivity contribution in [2.45, 2.75) is 32.2 Å². The first-order valence-electron chi connectivity index (χ1n) is 4.12. The molecule has 0 aromatic heterocycles. The number of ketones is 1. The van der Waals surface area contributed by atoms with Crippen LogP contribution in [0.4, 0.5) is 0 Å². The van der Waals surface area contributed by atoms with Crippen LogP contribution < -0.4 is 5.73 Å². The zero-order valence-corrected chi connectivity index (χ0v) is 7.75. The first-order valence-corrected chi connectivity index (χ1v) is 4.12. The Morgan fingerprint density at radius 3 is 2.46 bits per heavy atom. The molecule has 0 spiro atoms. The van der Waals surface area contributed by atoms with Crippen molar-refractivity contribution < 1.29 is 14.7 Å². The summed E-state index contributed by atoms with van der Waals surface area (Å²) in [6.45, 7) is 5.07. The summed E-state index contributed by atoms with van der Waals surface area (Å²) < 4.78 is 0. The molecular formula is C9H15NO3. The van der Waals surface area contributed by atoms with Crippen molar-refractivity contribution in [1.82, 2.24) is 0 Å². The SMILES string of the molecule is C=C(C)C(=O)C(N)CCCC(=O)O. The molecule has 74 valence electrons. The molecule has 3 N–H and O–H groups in total. The predicted octanol–water partition coefficient (Wildman–Crippen LogP) is 0.714. The van der Waals surface area contributed by atoms with Gasteiger partial charge in [0.1, 0.15) is 0 Å². The summed E-state index contributed by atoms with van der Waals surface area (Å²) in [5.74, 6) is -1.06. The smallest absolute Gasteiger partial charge is 0.303 e. The number of rotatable bonds is 6. The van der Waals surface area contributed by atoms with Gasteiger partial charge < -0.3 is 10.8 Å². The van der Waals surface area contributed by atoms with Crippen LogP contribution >= 0.6 is 0 Å². The van der Waals surface area contributed by atoms with Crippen molar-refractivity contribution in [2.24, 2.45) is 5.73 Å². The minimum absolute atomic E-state index is 0.0527. The lowest BCUT2D eigenvalue weighted by molar-refractivity contribution is -0.137. The Balaban J connectivity index is 3.74. The monoisotopic (exact) mass is 185 g/mol. The predicted molar refractivity (Wildman–Crippen MR) is 49.3 cm³/mol.